The maximum Gasteiger partial charge on any atom is 0.253 e. The maximum absolute atomic E-state index is 12.5. The third kappa shape index (κ3) is 4.59. The summed E-state index contributed by atoms with van der Waals surface area (Å²) in [4.78, 5) is 36.5. The molecule has 1 aliphatic heterocycles. The molecule has 0 unspecified atom stereocenters. The molecule has 0 aromatic carbocycles. The predicted octanol–water partition coefficient (Wildman–Crippen LogP) is 0.829. The number of pyridine rings is 1. The predicted molar refractivity (Wildman–Crippen MR) is 112 cm³/mol. The van der Waals surface area contributed by atoms with Gasteiger partial charge in [0.2, 0.25) is 5.91 Å². The molecule has 0 saturated carbocycles. The van der Waals surface area contributed by atoms with Crippen LogP contribution in [0.15, 0.2) is 53.8 Å². The number of hydrogen-bond donors (Lipinski definition) is 1. The van der Waals surface area contributed by atoms with Gasteiger partial charge in [-0.1, -0.05) is 0 Å². The molecule has 1 amide bonds. The zero-order valence-corrected chi connectivity index (χ0v) is 16.6. The van der Waals surface area contributed by atoms with E-state index in [1.165, 1.54) is 17.0 Å². The highest BCUT2D eigenvalue weighted by Gasteiger charge is 2.22. The van der Waals surface area contributed by atoms with E-state index in [4.69, 9.17) is 0 Å². The van der Waals surface area contributed by atoms with Crippen molar-refractivity contribution in [3.8, 4) is 0 Å². The monoisotopic (exact) mass is 406 g/mol. The Kier molecular flexibility index (Phi) is 5.64. The van der Waals surface area contributed by atoms with E-state index >= 15 is 0 Å². The summed E-state index contributed by atoms with van der Waals surface area (Å²) >= 11 is 0. The molecular weight excluding hydrogens is 384 g/mol. The lowest BCUT2D eigenvalue weighted by atomic mass is 10.3. The molecule has 10 heteroatoms. The second kappa shape index (κ2) is 8.68. The highest BCUT2D eigenvalue weighted by Crippen LogP contribution is 2.17. The largest absolute Gasteiger partial charge is 0.352 e. The van der Waals surface area contributed by atoms with E-state index < -0.39 is 0 Å². The molecule has 3 aromatic rings. The van der Waals surface area contributed by atoms with Crippen molar-refractivity contribution in [3.05, 3.63) is 65.1 Å². The van der Waals surface area contributed by atoms with Crippen LogP contribution in [-0.2, 0) is 11.3 Å². The number of aryl methyl sites for hydroxylation is 1. The van der Waals surface area contributed by atoms with Gasteiger partial charge in [-0.2, -0.15) is 0 Å². The van der Waals surface area contributed by atoms with Crippen LogP contribution in [0.4, 0.5) is 17.3 Å². The Balaban J connectivity index is 1.31. The lowest BCUT2D eigenvalue weighted by Crippen LogP contribution is -2.50. The standard InChI is InChI=1S/C20H22N8O2/c1-15-11-19(29)28(14-22-15)13-20(30)27-9-7-26(8-10-27)18-5-4-17(24-25-18)23-16-3-2-6-21-12-16/h2-6,11-12,14H,7-10,13H2,1H3,(H,23,24). The Bertz CT molecular complexity index is 1060. The van der Waals surface area contributed by atoms with E-state index in [1.54, 1.807) is 24.2 Å². The quantitative estimate of drug-likeness (QED) is 0.664. The van der Waals surface area contributed by atoms with Gasteiger partial charge in [0.1, 0.15) is 6.54 Å². The number of anilines is 3. The minimum atomic E-state index is -0.218. The Hall–Kier alpha value is -3.82. The zero-order chi connectivity index (χ0) is 20.9. The summed E-state index contributed by atoms with van der Waals surface area (Å²) in [7, 11) is 0. The molecule has 1 aliphatic rings. The van der Waals surface area contributed by atoms with E-state index in [0.29, 0.717) is 37.7 Å². The first-order valence-electron chi connectivity index (χ1n) is 9.65. The van der Waals surface area contributed by atoms with Gasteiger partial charge in [0.05, 0.1) is 18.2 Å². The van der Waals surface area contributed by atoms with Gasteiger partial charge in [-0.15, -0.1) is 10.2 Å². The van der Waals surface area contributed by atoms with E-state index in [1.807, 2.05) is 24.3 Å². The summed E-state index contributed by atoms with van der Waals surface area (Å²) in [5.74, 6) is 1.31. The summed E-state index contributed by atoms with van der Waals surface area (Å²) < 4.78 is 1.33. The first kappa shape index (κ1) is 19.5. The van der Waals surface area contributed by atoms with Gasteiger partial charge in [0.15, 0.2) is 11.6 Å². The molecule has 0 radical (unpaired) electrons. The smallest absolute Gasteiger partial charge is 0.253 e. The van der Waals surface area contributed by atoms with E-state index in [9.17, 15) is 9.59 Å². The average Bonchev–Trinajstić information content (AvgIpc) is 2.77. The van der Waals surface area contributed by atoms with Crippen molar-refractivity contribution in [1.29, 1.82) is 0 Å². The van der Waals surface area contributed by atoms with E-state index in [2.05, 4.69) is 30.4 Å². The second-order valence-electron chi connectivity index (χ2n) is 7.01. The van der Waals surface area contributed by atoms with Gasteiger partial charge >= 0.3 is 0 Å². The number of rotatable bonds is 5. The Morgan fingerprint density at radius 1 is 1.13 bits per heavy atom. The molecular formula is C20H22N8O2. The molecule has 154 valence electrons. The number of carbonyl (C=O) groups is 1. The Morgan fingerprint density at radius 3 is 2.63 bits per heavy atom. The topological polar surface area (TPSA) is 109 Å². The first-order valence-corrected chi connectivity index (χ1v) is 9.65. The highest BCUT2D eigenvalue weighted by molar-refractivity contribution is 5.76. The lowest BCUT2D eigenvalue weighted by molar-refractivity contribution is -0.132. The van der Waals surface area contributed by atoms with Gasteiger partial charge in [0, 0.05) is 44.1 Å². The summed E-state index contributed by atoms with van der Waals surface area (Å²) in [6, 6.07) is 8.94. The number of aromatic nitrogens is 5. The first-order chi connectivity index (χ1) is 14.6. The Labute approximate surface area is 173 Å². The SMILES string of the molecule is Cc1cc(=O)n(CC(=O)N2CCN(c3ccc(Nc4cccnc4)nn3)CC2)cn1. The molecule has 3 aromatic heterocycles. The number of hydrogen-bond acceptors (Lipinski definition) is 8. The zero-order valence-electron chi connectivity index (χ0n) is 16.6. The van der Waals surface area contributed by atoms with Gasteiger partial charge < -0.3 is 15.1 Å². The van der Waals surface area contributed by atoms with Crippen LogP contribution in [0.1, 0.15) is 5.69 Å². The number of nitrogens with zero attached hydrogens (tertiary/aromatic N) is 7. The fourth-order valence-electron chi connectivity index (χ4n) is 3.21. The van der Waals surface area contributed by atoms with Crippen LogP contribution in [0.5, 0.6) is 0 Å². The third-order valence-corrected chi connectivity index (χ3v) is 4.86. The van der Waals surface area contributed by atoms with Crippen molar-refractivity contribution in [2.75, 3.05) is 36.4 Å². The Morgan fingerprint density at radius 2 is 1.97 bits per heavy atom. The molecule has 30 heavy (non-hydrogen) atoms. The van der Waals surface area contributed by atoms with Gasteiger partial charge in [0.25, 0.3) is 5.56 Å². The van der Waals surface area contributed by atoms with Crippen LogP contribution in [0.2, 0.25) is 0 Å². The van der Waals surface area contributed by atoms with Gasteiger partial charge in [-0.25, -0.2) is 4.98 Å². The normalized spacial score (nSPS) is 13.9. The highest BCUT2D eigenvalue weighted by atomic mass is 16.2. The molecule has 0 atom stereocenters. The average molecular weight is 406 g/mol. The second-order valence-corrected chi connectivity index (χ2v) is 7.01. The summed E-state index contributed by atoms with van der Waals surface area (Å²) in [6.45, 7) is 4.17. The molecule has 4 heterocycles. The molecule has 1 saturated heterocycles. The van der Waals surface area contributed by atoms with Crippen LogP contribution < -0.4 is 15.8 Å². The lowest BCUT2D eigenvalue weighted by Gasteiger charge is -2.35. The van der Waals surface area contributed by atoms with Crippen molar-refractivity contribution in [3.63, 3.8) is 0 Å². The van der Waals surface area contributed by atoms with Crippen molar-refractivity contribution in [2.24, 2.45) is 0 Å². The molecule has 10 nitrogen and oxygen atoms in total. The van der Waals surface area contributed by atoms with Crippen LogP contribution >= 0.6 is 0 Å². The maximum atomic E-state index is 12.5. The van der Waals surface area contributed by atoms with E-state index in [-0.39, 0.29) is 18.0 Å². The number of carbonyl (C=O) groups excluding carboxylic acids is 1. The van der Waals surface area contributed by atoms with Crippen molar-refractivity contribution in [1.82, 2.24) is 29.6 Å². The third-order valence-electron chi connectivity index (χ3n) is 4.86. The molecule has 0 aliphatic carbocycles. The minimum absolute atomic E-state index is 0.000623. The van der Waals surface area contributed by atoms with Crippen molar-refractivity contribution >= 4 is 23.2 Å². The molecule has 1 N–H and O–H groups in total. The van der Waals surface area contributed by atoms with Crippen LogP contribution in [0.25, 0.3) is 0 Å². The number of amides is 1. The van der Waals surface area contributed by atoms with Crippen LogP contribution in [-0.4, -0.2) is 61.7 Å². The molecule has 1 fully saturated rings. The molecule has 0 spiro atoms. The minimum Gasteiger partial charge on any atom is -0.352 e. The molecule has 4 rings (SSSR count). The summed E-state index contributed by atoms with van der Waals surface area (Å²) in [5, 5.41) is 11.7. The number of nitrogens with one attached hydrogen (secondary N) is 1. The van der Waals surface area contributed by atoms with Crippen LogP contribution in [0, 0.1) is 6.92 Å². The van der Waals surface area contributed by atoms with Crippen LogP contribution in [0.3, 0.4) is 0 Å². The fraction of sp³-hybridized carbons (Fsp3) is 0.300. The van der Waals surface area contributed by atoms with Crippen molar-refractivity contribution in [2.45, 2.75) is 13.5 Å². The molecule has 0 bridgehead atoms. The summed E-state index contributed by atoms with van der Waals surface area (Å²) in [5.41, 5.74) is 1.26. The summed E-state index contributed by atoms with van der Waals surface area (Å²) in [6.07, 6.45) is 4.84. The number of piperazine rings is 1. The van der Waals surface area contributed by atoms with Gasteiger partial charge in [-0.3, -0.25) is 19.1 Å². The fourth-order valence-corrected chi connectivity index (χ4v) is 3.21. The van der Waals surface area contributed by atoms with Crippen molar-refractivity contribution < 1.29 is 4.79 Å². The van der Waals surface area contributed by atoms with E-state index in [0.717, 1.165) is 11.5 Å². The van der Waals surface area contributed by atoms with Gasteiger partial charge in [-0.05, 0) is 31.2 Å².